The van der Waals surface area contributed by atoms with Gasteiger partial charge in [-0.1, -0.05) is 18.2 Å². The molecule has 1 atom stereocenters. The zero-order chi connectivity index (χ0) is 16.4. The molecule has 25 heavy (non-hydrogen) atoms. The van der Waals surface area contributed by atoms with Gasteiger partial charge in [0.2, 0.25) is 0 Å². The third kappa shape index (κ3) is 1.92. The predicted molar refractivity (Wildman–Crippen MR) is 114 cm³/mol. The number of benzene rings is 2. The maximum Gasteiger partial charge on any atom is 0.196 e. The van der Waals surface area contributed by atoms with Crippen molar-refractivity contribution in [2.75, 3.05) is 0 Å². The second-order valence-corrected chi connectivity index (χ2v) is 10.3. The maximum absolute atomic E-state index is 2.39. The summed E-state index contributed by atoms with van der Waals surface area (Å²) in [4.78, 5) is 4.62. The van der Waals surface area contributed by atoms with Gasteiger partial charge in [-0.2, -0.15) is 0 Å². The summed E-state index contributed by atoms with van der Waals surface area (Å²) in [5, 5.41) is 7.48. The van der Waals surface area contributed by atoms with Gasteiger partial charge in [0.1, 0.15) is 0 Å². The Hall–Kier alpha value is -1.94. The monoisotopic (exact) mass is 375 g/mol. The normalized spacial score (nSPS) is 14.0. The van der Waals surface area contributed by atoms with E-state index in [1.807, 2.05) is 22.7 Å². The standard InChI is InChI=1S/C22H15S3/c1-2-4-14(5-3-1)25-21-15(6-8-19-17(21)10-12-23-19)16-7-9-20-18(22(16)25)11-13-24-20/h1-6,8,10-13H,7,9H2/q+1. The van der Waals surface area contributed by atoms with Crippen molar-refractivity contribution in [1.29, 1.82) is 0 Å². The summed E-state index contributed by atoms with van der Waals surface area (Å²) >= 11 is 3.79. The summed E-state index contributed by atoms with van der Waals surface area (Å²) in [6.45, 7) is 0. The van der Waals surface area contributed by atoms with E-state index in [1.165, 1.54) is 38.8 Å². The first-order valence-electron chi connectivity index (χ1n) is 8.51. The lowest BCUT2D eigenvalue weighted by atomic mass is 9.95. The first-order valence-corrected chi connectivity index (χ1v) is 11.5. The highest BCUT2D eigenvalue weighted by Gasteiger charge is 2.35. The number of hydrogen-bond acceptors (Lipinski definition) is 2. The molecule has 0 N–H and O–H groups in total. The van der Waals surface area contributed by atoms with Crippen molar-refractivity contribution in [3.05, 3.63) is 75.8 Å². The van der Waals surface area contributed by atoms with E-state index in [1.54, 1.807) is 20.0 Å². The summed E-state index contributed by atoms with van der Waals surface area (Å²) in [6, 6.07) is 20.5. The summed E-state index contributed by atoms with van der Waals surface area (Å²) in [5.41, 5.74) is 3.11. The Balaban J connectivity index is 1.87. The summed E-state index contributed by atoms with van der Waals surface area (Å²) < 4.78 is 2.98. The molecule has 0 aliphatic heterocycles. The summed E-state index contributed by atoms with van der Waals surface area (Å²) in [5.74, 6) is 0. The highest BCUT2D eigenvalue weighted by Crippen LogP contribution is 2.57. The van der Waals surface area contributed by atoms with Crippen molar-refractivity contribution in [1.82, 2.24) is 0 Å². The molecule has 0 saturated heterocycles. The number of thiophene rings is 3. The van der Waals surface area contributed by atoms with Gasteiger partial charge in [-0.15, -0.1) is 22.7 Å². The smallest absolute Gasteiger partial charge is 0.148 e. The van der Waals surface area contributed by atoms with Gasteiger partial charge in [0.15, 0.2) is 14.5 Å². The lowest BCUT2D eigenvalue weighted by molar-refractivity contribution is 0.981. The fourth-order valence-electron chi connectivity index (χ4n) is 4.11. The molecule has 3 aromatic heterocycles. The van der Waals surface area contributed by atoms with Gasteiger partial charge in [0.25, 0.3) is 0 Å². The van der Waals surface area contributed by atoms with Gasteiger partial charge >= 0.3 is 0 Å². The molecule has 1 aliphatic carbocycles. The van der Waals surface area contributed by atoms with E-state index in [2.05, 4.69) is 65.4 Å². The molecule has 0 amide bonds. The molecule has 120 valence electrons. The quantitative estimate of drug-likeness (QED) is 0.264. The van der Waals surface area contributed by atoms with Gasteiger partial charge in [-0.25, -0.2) is 0 Å². The minimum Gasteiger partial charge on any atom is -0.148 e. The van der Waals surface area contributed by atoms with Crippen molar-refractivity contribution >= 4 is 53.3 Å². The van der Waals surface area contributed by atoms with Gasteiger partial charge in [0, 0.05) is 36.6 Å². The van der Waals surface area contributed by atoms with Crippen LogP contribution in [-0.2, 0) is 12.8 Å². The van der Waals surface area contributed by atoms with E-state index in [0.29, 0.717) is 0 Å². The van der Waals surface area contributed by atoms with Crippen LogP contribution < -0.4 is 0 Å². The first-order chi connectivity index (χ1) is 12.4. The minimum atomic E-state index is 0.0181. The van der Waals surface area contributed by atoms with E-state index < -0.39 is 0 Å². The van der Waals surface area contributed by atoms with Crippen LogP contribution in [0.2, 0.25) is 0 Å². The average Bonchev–Trinajstić information content (AvgIpc) is 3.37. The van der Waals surface area contributed by atoms with E-state index in [4.69, 9.17) is 0 Å². The van der Waals surface area contributed by atoms with Crippen molar-refractivity contribution in [2.45, 2.75) is 12.8 Å². The van der Waals surface area contributed by atoms with Crippen LogP contribution in [0, 0.1) is 0 Å². The molecule has 6 rings (SSSR count). The van der Waals surface area contributed by atoms with Gasteiger partial charge < -0.3 is 0 Å². The summed E-state index contributed by atoms with van der Waals surface area (Å²) in [6.07, 6.45) is 2.38. The molecule has 0 fully saturated rings. The second-order valence-electron chi connectivity index (χ2n) is 6.46. The van der Waals surface area contributed by atoms with Crippen LogP contribution in [0.5, 0.6) is 0 Å². The molecule has 3 heteroatoms. The predicted octanol–water partition coefficient (Wildman–Crippen LogP) is 7.62. The molecule has 3 heterocycles. The lowest BCUT2D eigenvalue weighted by Crippen LogP contribution is -1.98. The van der Waals surface area contributed by atoms with Gasteiger partial charge in [-0.3, -0.25) is 0 Å². The molecule has 0 radical (unpaired) electrons. The average molecular weight is 376 g/mol. The van der Waals surface area contributed by atoms with Gasteiger partial charge in [0.05, 0.1) is 5.39 Å². The number of hydrogen-bond donors (Lipinski definition) is 0. The Kier molecular flexibility index (Phi) is 3.01. The number of fused-ring (bicyclic) bond motifs is 7. The first kappa shape index (κ1) is 14.3. The van der Waals surface area contributed by atoms with Crippen LogP contribution in [0.25, 0.3) is 35.5 Å². The van der Waals surface area contributed by atoms with Crippen molar-refractivity contribution in [3.8, 4) is 15.3 Å². The Bertz CT molecular complexity index is 1230. The molecule has 0 saturated carbocycles. The molecule has 2 aromatic carbocycles. The highest BCUT2D eigenvalue weighted by molar-refractivity contribution is 7.48. The van der Waals surface area contributed by atoms with Crippen LogP contribution in [0.15, 0.2) is 65.4 Å². The van der Waals surface area contributed by atoms with E-state index in [-0.39, 0.29) is 10.5 Å². The fourth-order valence-corrected chi connectivity index (χ4v) is 8.70. The second kappa shape index (κ2) is 5.28. The molecular weight excluding hydrogens is 360 g/mol. The zero-order valence-corrected chi connectivity index (χ0v) is 15.9. The molecule has 0 bridgehead atoms. The molecule has 5 aromatic rings. The molecular formula is C22H15S3+. The van der Waals surface area contributed by atoms with Crippen LogP contribution in [0.3, 0.4) is 0 Å². The van der Waals surface area contributed by atoms with Crippen LogP contribution >= 0.6 is 33.1 Å². The van der Waals surface area contributed by atoms with E-state index in [9.17, 15) is 0 Å². The summed E-state index contributed by atoms with van der Waals surface area (Å²) in [7, 11) is 0.0181. The maximum atomic E-state index is 2.39. The fraction of sp³-hybridized carbons (Fsp3) is 0.0909. The van der Waals surface area contributed by atoms with Crippen molar-refractivity contribution in [2.24, 2.45) is 0 Å². The van der Waals surface area contributed by atoms with Crippen LogP contribution in [0.1, 0.15) is 10.4 Å². The number of rotatable bonds is 1. The Morgan fingerprint density at radius 1 is 0.760 bits per heavy atom. The van der Waals surface area contributed by atoms with Gasteiger partial charge in [-0.05, 0) is 60.0 Å². The van der Waals surface area contributed by atoms with E-state index >= 15 is 0 Å². The topological polar surface area (TPSA) is 0 Å². The number of aryl methyl sites for hydroxylation is 2. The molecule has 1 aliphatic rings. The van der Waals surface area contributed by atoms with Crippen molar-refractivity contribution < 1.29 is 0 Å². The lowest BCUT2D eigenvalue weighted by Gasteiger charge is -2.09. The third-order valence-electron chi connectivity index (χ3n) is 5.16. The molecule has 0 nitrogen and oxygen atoms in total. The van der Waals surface area contributed by atoms with E-state index in [0.717, 1.165) is 0 Å². The van der Waals surface area contributed by atoms with Crippen LogP contribution in [-0.4, -0.2) is 0 Å². The Morgan fingerprint density at radius 2 is 1.64 bits per heavy atom. The highest BCUT2D eigenvalue weighted by atomic mass is 32.2. The largest absolute Gasteiger partial charge is 0.196 e. The SMILES string of the molecule is c1ccc(-[s+]2c3c(c4ccc5sccc5c42)CCc2sccc2-3)cc1. The van der Waals surface area contributed by atoms with Crippen LogP contribution in [0.4, 0.5) is 0 Å². The zero-order valence-electron chi connectivity index (χ0n) is 13.5. The molecule has 0 spiro atoms. The molecule has 1 unspecified atom stereocenters. The van der Waals surface area contributed by atoms with Crippen molar-refractivity contribution in [3.63, 3.8) is 0 Å². The third-order valence-corrected chi connectivity index (χ3v) is 9.49. The Morgan fingerprint density at radius 3 is 2.56 bits per heavy atom. The minimum absolute atomic E-state index is 0.0181. The Labute approximate surface area is 157 Å².